The van der Waals surface area contributed by atoms with Crippen LogP contribution in [0.5, 0.6) is 0 Å². The van der Waals surface area contributed by atoms with Crippen molar-refractivity contribution in [2.45, 2.75) is 50.6 Å². The number of hydrogen-bond donors (Lipinski definition) is 4. The summed E-state index contributed by atoms with van der Waals surface area (Å²) in [6.45, 7) is 2.56. The van der Waals surface area contributed by atoms with Crippen LogP contribution in [0.4, 0.5) is 16.2 Å². The Balaban J connectivity index is 1.06. The Labute approximate surface area is 199 Å². The molecule has 2 aromatic carbocycles. The second kappa shape index (κ2) is 10.3. The monoisotopic (exact) mass is 459 g/mol. The highest BCUT2D eigenvalue weighted by atomic mass is 16.2. The zero-order chi connectivity index (χ0) is 23.3. The predicted octanol–water partition coefficient (Wildman–Crippen LogP) is 4.00. The van der Waals surface area contributed by atoms with Crippen molar-refractivity contribution >= 4 is 28.2 Å². The minimum Gasteiger partial charge on any atom is -0.368 e. The fourth-order valence-corrected chi connectivity index (χ4v) is 5.43. The number of benzene rings is 2. The lowest BCUT2D eigenvalue weighted by molar-refractivity contribution is 0.251. The number of urea groups is 1. The number of pyridine rings is 1. The molecule has 1 aliphatic carbocycles. The first kappa shape index (κ1) is 22.5. The lowest BCUT2D eigenvalue weighted by atomic mass is 9.88. The Morgan fingerprint density at radius 2 is 1.82 bits per heavy atom. The molecule has 0 bridgehead atoms. The zero-order valence-corrected chi connectivity index (χ0v) is 19.5. The largest absolute Gasteiger partial charge is 0.368 e. The van der Waals surface area contributed by atoms with Gasteiger partial charge in [0.05, 0.1) is 0 Å². The molecule has 7 heteroatoms. The molecule has 0 saturated heterocycles. The van der Waals surface area contributed by atoms with Crippen LogP contribution in [0.2, 0.25) is 0 Å². The van der Waals surface area contributed by atoms with E-state index in [4.69, 9.17) is 0 Å². The van der Waals surface area contributed by atoms with Crippen LogP contribution in [0.3, 0.4) is 0 Å². The summed E-state index contributed by atoms with van der Waals surface area (Å²) in [5.41, 5.74) is 3.28. The van der Waals surface area contributed by atoms with Crippen molar-refractivity contribution in [3.8, 4) is 0 Å². The average molecular weight is 460 g/mol. The van der Waals surface area contributed by atoms with Gasteiger partial charge in [0.2, 0.25) is 0 Å². The summed E-state index contributed by atoms with van der Waals surface area (Å²) < 4.78 is 0. The molecular weight excluding hydrogens is 426 g/mol. The number of hydrogen-bond acceptors (Lipinski definition) is 4. The third-order valence-corrected chi connectivity index (χ3v) is 7.16. The standard InChI is InChI=1S/C27H33N5O2/c33-26-23-8-4-9-24-25(23)19(18-30-26)14-17-32(24)22-12-10-20(11-13-22)28-15-5-16-29-27(34)31-21-6-2-1-3-7-21/h1-4,6-9,18,20,22,28H,5,10-17H2,(H,30,33)(H2,29,31,34). The molecule has 0 unspecified atom stereocenters. The van der Waals surface area contributed by atoms with Gasteiger partial charge in [-0.15, -0.1) is 0 Å². The second-order valence-corrected chi connectivity index (χ2v) is 9.35. The van der Waals surface area contributed by atoms with E-state index in [2.05, 4.69) is 31.9 Å². The van der Waals surface area contributed by atoms with E-state index >= 15 is 0 Å². The van der Waals surface area contributed by atoms with E-state index in [1.165, 1.54) is 11.3 Å². The zero-order valence-electron chi connectivity index (χ0n) is 19.5. The van der Waals surface area contributed by atoms with E-state index < -0.39 is 0 Å². The molecule has 1 saturated carbocycles. The quantitative estimate of drug-likeness (QED) is 0.402. The molecule has 34 heavy (non-hydrogen) atoms. The van der Waals surface area contributed by atoms with Gasteiger partial charge in [0.25, 0.3) is 5.56 Å². The molecule has 1 aliphatic heterocycles. The van der Waals surface area contributed by atoms with Crippen LogP contribution in [0, 0.1) is 0 Å². The van der Waals surface area contributed by atoms with Gasteiger partial charge in [-0.05, 0) is 74.9 Å². The molecular formula is C27H33N5O2. The van der Waals surface area contributed by atoms with Crippen LogP contribution in [0.25, 0.3) is 10.8 Å². The number of aromatic nitrogens is 1. The number of amides is 2. The number of anilines is 2. The van der Waals surface area contributed by atoms with E-state index in [9.17, 15) is 9.59 Å². The number of carbonyl (C=O) groups excluding carboxylic acids is 1. The Bertz CT molecular complexity index is 1180. The van der Waals surface area contributed by atoms with Crippen LogP contribution in [0.15, 0.2) is 59.5 Å². The third-order valence-electron chi connectivity index (χ3n) is 7.16. The van der Waals surface area contributed by atoms with E-state index in [1.807, 2.05) is 48.7 Å². The second-order valence-electron chi connectivity index (χ2n) is 9.35. The van der Waals surface area contributed by atoms with E-state index in [0.717, 1.165) is 68.1 Å². The van der Waals surface area contributed by atoms with Gasteiger partial charge in [0.15, 0.2) is 0 Å². The van der Waals surface area contributed by atoms with Crippen molar-refractivity contribution in [1.82, 2.24) is 15.6 Å². The minimum atomic E-state index is -0.160. The van der Waals surface area contributed by atoms with Crippen molar-refractivity contribution in [2.75, 3.05) is 29.9 Å². The van der Waals surface area contributed by atoms with Gasteiger partial charge in [-0.1, -0.05) is 24.3 Å². The normalized spacial score (nSPS) is 19.7. The Kier molecular flexibility index (Phi) is 6.81. The molecule has 2 amide bonds. The Hall–Kier alpha value is -3.32. The van der Waals surface area contributed by atoms with Crippen molar-refractivity contribution in [3.05, 3.63) is 70.6 Å². The van der Waals surface area contributed by atoms with Gasteiger partial charge in [-0.3, -0.25) is 4.79 Å². The lowest BCUT2D eigenvalue weighted by Crippen LogP contribution is -2.45. The predicted molar refractivity (Wildman–Crippen MR) is 138 cm³/mol. The van der Waals surface area contributed by atoms with Crippen LogP contribution in [0.1, 0.15) is 37.7 Å². The molecule has 5 rings (SSSR count). The third kappa shape index (κ3) is 4.94. The van der Waals surface area contributed by atoms with E-state index in [-0.39, 0.29) is 11.6 Å². The first-order valence-electron chi connectivity index (χ1n) is 12.4. The molecule has 1 aromatic heterocycles. The molecule has 3 aromatic rings. The highest BCUT2D eigenvalue weighted by Crippen LogP contribution is 2.36. The van der Waals surface area contributed by atoms with E-state index in [0.29, 0.717) is 18.6 Å². The molecule has 1 fully saturated rings. The fourth-order valence-electron chi connectivity index (χ4n) is 5.43. The van der Waals surface area contributed by atoms with Crippen LogP contribution in [-0.4, -0.2) is 42.7 Å². The Morgan fingerprint density at radius 3 is 2.65 bits per heavy atom. The maximum absolute atomic E-state index is 12.3. The van der Waals surface area contributed by atoms with Gasteiger partial charge >= 0.3 is 6.03 Å². The summed E-state index contributed by atoms with van der Waals surface area (Å²) in [5.74, 6) is 0. The number of aromatic amines is 1. The highest BCUT2D eigenvalue weighted by molar-refractivity contribution is 5.97. The topological polar surface area (TPSA) is 89.3 Å². The summed E-state index contributed by atoms with van der Waals surface area (Å²) in [4.78, 5) is 29.7. The smallest absolute Gasteiger partial charge is 0.319 e. The summed E-state index contributed by atoms with van der Waals surface area (Å²) in [6.07, 6.45) is 8.40. The number of rotatable bonds is 7. The fraction of sp³-hybridized carbons (Fsp3) is 0.407. The molecule has 7 nitrogen and oxygen atoms in total. The average Bonchev–Trinajstić information content (AvgIpc) is 2.87. The van der Waals surface area contributed by atoms with Gasteiger partial charge in [0.1, 0.15) is 0 Å². The summed E-state index contributed by atoms with van der Waals surface area (Å²) >= 11 is 0. The maximum Gasteiger partial charge on any atom is 0.319 e. The maximum atomic E-state index is 12.3. The summed E-state index contributed by atoms with van der Waals surface area (Å²) in [7, 11) is 0. The molecule has 2 aliphatic rings. The first-order chi connectivity index (χ1) is 16.7. The van der Waals surface area contributed by atoms with Crippen LogP contribution < -0.4 is 26.4 Å². The highest BCUT2D eigenvalue weighted by Gasteiger charge is 2.29. The first-order valence-corrected chi connectivity index (χ1v) is 12.4. The number of para-hydroxylation sites is 1. The van der Waals surface area contributed by atoms with Gasteiger partial charge < -0.3 is 25.8 Å². The van der Waals surface area contributed by atoms with Gasteiger partial charge in [-0.2, -0.15) is 0 Å². The van der Waals surface area contributed by atoms with Crippen molar-refractivity contribution < 1.29 is 4.79 Å². The summed E-state index contributed by atoms with van der Waals surface area (Å²) in [6, 6.07) is 16.5. The molecule has 178 valence electrons. The number of carbonyl (C=O) groups is 1. The van der Waals surface area contributed by atoms with E-state index in [1.54, 1.807) is 0 Å². The SMILES string of the molecule is O=C(NCCCNC1CCC(N2CCc3c[nH]c(=O)c4cccc2c34)CC1)Nc1ccccc1. The molecule has 2 heterocycles. The van der Waals surface area contributed by atoms with Crippen LogP contribution in [-0.2, 0) is 6.42 Å². The lowest BCUT2D eigenvalue weighted by Gasteiger charge is -2.41. The number of nitrogens with one attached hydrogen (secondary N) is 4. The minimum absolute atomic E-state index is 0.00222. The molecule has 4 N–H and O–H groups in total. The number of nitrogens with zero attached hydrogens (tertiary/aromatic N) is 1. The summed E-state index contributed by atoms with van der Waals surface area (Å²) in [5, 5.41) is 11.4. The molecule has 0 spiro atoms. The van der Waals surface area contributed by atoms with Crippen LogP contribution >= 0.6 is 0 Å². The van der Waals surface area contributed by atoms with Gasteiger partial charge in [-0.25, -0.2) is 4.79 Å². The van der Waals surface area contributed by atoms with Crippen molar-refractivity contribution in [3.63, 3.8) is 0 Å². The van der Waals surface area contributed by atoms with Crippen molar-refractivity contribution in [2.24, 2.45) is 0 Å². The van der Waals surface area contributed by atoms with Crippen molar-refractivity contribution in [1.29, 1.82) is 0 Å². The molecule has 0 radical (unpaired) electrons. The Morgan fingerprint density at radius 1 is 1.00 bits per heavy atom. The van der Waals surface area contributed by atoms with Gasteiger partial charge in [0, 0.05) is 53.5 Å². The molecule has 0 atom stereocenters. The number of H-pyrrole nitrogens is 1.